The molecule has 3 heteroatoms. The molecule has 0 N–H and O–H groups in total. The van der Waals surface area contributed by atoms with E-state index >= 15 is 0 Å². The molecular formula is C26H39NOS. The van der Waals surface area contributed by atoms with E-state index in [1.807, 2.05) is 11.3 Å². The number of aryl methyl sites for hydroxylation is 4. The molecule has 0 radical (unpaired) electrons. The van der Waals surface area contributed by atoms with Crippen LogP contribution in [0.25, 0.3) is 0 Å². The van der Waals surface area contributed by atoms with E-state index in [4.69, 9.17) is 4.74 Å². The van der Waals surface area contributed by atoms with Gasteiger partial charge >= 0.3 is 0 Å². The van der Waals surface area contributed by atoms with Gasteiger partial charge in [0.05, 0.1) is 13.2 Å². The molecule has 0 saturated carbocycles. The first kappa shape index (κ1) is 22.5. The van der Waals surface area contributed by atoms with Crippen molar-refractivity contribution in [2.45, 2.75) is 65.7 Å². The Morgan fingerprint density at radius 3 is 2.24 bits per heavy atom. The van der Waals surface area contributed by atoms with Crippen LogP contribution in [0.4, 0.5) is 0 Å². The summed E-state index contributed by atoms with van der Waals surface area (Å²) in [5.41, 5.74) is 3.24. The molecule has 0 atom stereocenters. The Balaban J connectivity index is 1.33. The molecule has 0 unspecified atom stereocenters. The fraction of sp³-hybridized carbons (Fsp3) is 0.615. The fourth-order valence-corrected chi connectivity index (χ4v) is 5.01. The van der Waals surface area contributed by atoms with Crippen LogP contribution >= 0.6 is 11.3 Å². The van der Waals surface area contributed by atoms with Crippen molar-refractivity contribution in [2.24, 2.45) is 5.41 Å². The van der Waals surface area contributed by atoms with Gasteiger partial charge in [-0.3, -0.25) is 4.90 Å². The van der Waals surface area contributed by atoms with Crippen LogP contribution in [-0.4, -0.2) is 37.7 Å². The smallest absolute Gasteiger partial charge is 0.0594 e. The number of hydrogen-bond donors (Lipinski definition) is 0. The van der Waals surface area contributed by atoms with Gasteiger partial charge in [-0.25, -0.2) is 0 Å². The average molecular weight is 414 g/mol. The third kappa shape index (κ3) is 8.24. The van der Waals surface area contributed by atoms with E-state index in [9.17, 15) is 0 Å². The second-order valence-electron chi connectivity index (χ2n) is 9.43. The molecule has 2 heterocycles. The van der Waals surface area contributed by atoms with Crippen LogP contribution in [0.2, 0.25) is 0 Å². The Labute approximate surface area is 182 Å². The number of unbranched alkanes of at least 4 members (excludes halogenated alkanes) is 1. The van der Waals surface area contributed by atoms with Gasteiger partial charge in [0.25, 0.3) is 0 Å². The second kappa shape index (κ2) is 11.3. The van der Waals surface area contributed by atoms with Crippen molar-refractivity contribution in [2.75, 3.05) is 32.8 Å². The Morgan fingerprint density at radius 1 is 0.862 bits per heavy atom. The lowest BCUT2D eigenvalue weighted by atomic mass is 9.84. The maximum atomic E-state index is 5.46. The number of ether oxygens (including phenoxy) is 1. The average Bonchev–Trinajstić information content (AvgIpc) is 3.18. The van der Waals surface area contributed by atoms with Crippen LogP contribution in [0.15, 0.2) is 36.4 Å². The second-order valence-corrected chi connectivity index (χ2v) is 10.7. The molecule has 0 bridgehead atoms. The third-order valence-corrected chi connectivity index (χ3v) is 7.44. The molecule has 160 valence electrons. The van der Waals surface area contributed by atoms with Crippen LogP contribution in [0.1, 0.15) is 60.4 Å². The van der Waals surface area contributed by atoms with E-state index in [2.05, 4.69) is 62.1 Å². The predicted molar refractivity (Wildman–Crippen MR) is 126 cm³/mol. The van der Waals surface area contributed by atoms with Gasteiger partial charge in [0.2, 0.25) is 0 Å². The van der Waals surface area contributed by atoms with Crippen molar-refractivity contribution in [3.63, 3.8) is 0 Å². The maximum absolute atomic E-state index is 5.46. The largest absolute Gasteiger partial charge is 0.379 e. The number of benzene rings is 1. The highest BCUT2D eigenvalue weighted by atomic mass is 32.1. The van der Waals surface area contributed by atoms with E-state index < -0.39 is 0 Å². The zero-order valence-electron chi connectivity index (χ0n) is 18.7. The van der Waals surface area contributed by atoms with Gasteiger partial charge in [0, 0.05) is 22.8 Å². The third-order valence-electron chi connectivity index (χ3n) is 6.23. The van der Waals surface area contributed by atoms with E-state index in [0.29, 0.717) is 5.41 Å². The quantitative estimate of drug-likeness (QED) is 0.401. The van der Waals surface area contributed by atoms with Gasteiger partial charge in [0.15, 0.2) is 0 Å². The zero-order valence-corrected chi connectivity index (χ0v) is 19.5. The van der Waals surface area contributed by atoms with Crippen LogP contribution in [0.3, 0.4) is 0 Å². The summed E-state index contributed by atoms with van der Waals surface area (Å²) in [6, 6.07) is 13.7. The van der Waals surface area contributed by atoms with E-state index in [1.54, 1.807) is 9.75 Å². The number of hydrogen-bond acceptors (Lipinski definition) is 3. The summed E-state index contributed by atoms with van der Waals surface area (Å²) in [6.45, 7) is 12.3. The molecule has 1 aromatic heterocycles. The summed E-state index contributed by atoms with van der Waals surface area (Å²) < 4.78 is 5.46. The van der Waals surface area contributed by atoms with Crippen molar-refractivity contribution >= 4 is 11.3 Å². The molecule has 2 nitrogen and oxygen atoms in total. The lowest BCUT2D eigenvalue weighted by molar-refractivity contribution is 0.0323. The Kier molecular flexibility index (Phi) is 8.77. The molecule has 1 aliphatic rings. The van der Waals surface area contributed by atoms with Crippen molar-refractivity contribution in [1.29, 1.82) is 0 Å². The molecular weight excluding hydrogens is 374 g/mol. The minimum Gasteiger partial charge on any atom is -0.379 e. The SMILES string of the molecule is Cc1ccc(CCCCc2ccc(CCC(C)(C)CCN3CCOCC3)s2)cc1. The summed E-state index contributed by atoms with van der Waals surface area (Å²) in [6.07, 6.45) is 8.80. The topological polar surface area (TPSA) is 12.5 Å². The minimum atomic E-state index is 0.413. The molecule has 1 fully saturated rings. The summed E-state index contributed by atoms with van der Waals surface area (Å²) in [7, 11) is 0. The highest BCUT2D eigenvalue weighted by Gasteiger charge is 2.20. The summed E-state index contributed by atoms with van der Waals surface area (Å²) in [5, 5.41) is 0. The number of nitrogens with zero attached hydrogens (tertiary/aromatic N) is 1. The van der Waals surface area contributed by atoms with Gasteiger partial charge in [-0.1, -0.05) is 43.7 Å². The Bertz CT molecular complexity index is 713. The Hall–Kier alpha value is -1.16. The first-order valence-electron chi connectivity index (χ1n) is 11.4. The van der Waals surface area contributed by atoms with Gasteiger partial charge in [0.1, 0.15) is 0 Å². The molecule has 2 aromatic rings. The Morgan fingerprint density at radius 2 is 1.52 bits per heavy atom. The molecule has 1 aliphatic heterocycles. The summed E-state index contributed by atoms with van der Waals surface area (Å²) in [4.78, 5) is 5.69. The number of rotatable bonds is 11. The molecule has 3 rings (SSSR count). The fourth-order valence-electron chi connectivity index (χ4n) is 3.95. The highest BCUT2D eigenvalue weighted by Crippen LogP contribution is 2.30. The van der Waals surface area contributed by atoms with Crippen molar-refractivity contribution < 1.29 is 4.74 Å². The highest BCUT2D eigenvalue weighted by molar-refractivity contribution is 7.11. The van der Waals surface area contributed by atoms with E-state index in [1.165, 1.54) is 62.6 Å². The molecule has 0 spiro atoms. The molecule has 29 heavy (non-hydrogen) atoms. The van der Waals surface area contributed by atoms with Crippen molar-refractivity contribution in [1.82, 2.24) is 4.90 Å². The standard InChI is InChI=1S/C26H39NOS/c1-22-8-10-23(11-9-22)6-4-5-7-24-12-13-25(29-24)14-15-26(2,3)16-17-27-18-20-28-21-19-27/h8-13H,4-7,14-21H2,1-3H3. The first-order chi connectivity index (χ1) is 14.0. The predicted octanol–water partition coefficient (Wildman–Crippen LogP) is 6.30. The van der Waals surface area contributed by atoms with Crippen LogP contribution < -0.4 is 0 Å². The van der Waals surface area contributed by atoms with Crippen LogP contribution in [-0.2, 0) is 24.0 Å². The number of thiophene rings is 1. The summed E-state index contributed by atoms with van der Waals surface area (Å²) >= 11 is 2.04. The molecule has 0 amide bonds. The zero-order chi connectivity index (χ0) is 20.5. The van der Waals surface area contributed by atoms with Gasteiger partial charge in [-0.05, 0) is 81.5 Å². The van der Waals surface area contributed by atoms with Crippen molar-refractivity contribution in [3.05, 3.63) is 57.3 Å². The van der Waals surface area contributed by atoms with Crippen LogP contribution in [0.5, 0.6) is 0 Å². The minimum absolute atomic E-state index is 0.413. The lowest BCUT2D eigenvalue weighted by Crippen LogP contribution is -2.38. The maximum Gasteiger partial charge on any atom is 0.0594 e. The normalized spacial score (nSPS) is 15.7. The monoisotopic (exact) mass is 413 g/mol. The molecule has 1 aromatic carbocycles. The van der Waals surface area contributed by atoms with Gasteiger partial charge in [-0.2, -0.15) is 0 Å². The summed E-state index contributed by atoms with van der Waals surface area (Å²) in [5.74, 6) is 0. The van der Waals surface area contributed by atoms with E-state index in [0.717, 1.165) is 26.3 Å². The van der Waals surface area contributed by atoms with Crippen LogP contribution in [0, 0.1) is 12.3 Å². The first-order valence-corrected chi connectivity index (χ1v) is 12.3. The molecule has 1 saturated heterocycles. The van der Waals surface area contributed by atoms with Gasteiger partial charge in [-0.15, -0.1) is 11.3 Å². The number of morpholine rings is 1. The van der Waals surface area contributed by atoms with Crippen molar-refractivity contribution in [3.8, 4) is 0 Å². The van der Waals surface area contributed by atoms with E-state index in [-0.39, 0.29) is 0 Å². The lowest BCUT2D eigenvalue weighted by Gasteiger charge is -2.31. The molecule has 0 aliphatic carbocycles. The van der Waals surface area contributed by atoms with Gasteiger partial charge < -0.3 is 4.74 Å².